The third kappa shape index (κ3) is 3.93. The zero-order valence-electron chi connectivity index (χ0n) is 15.6. The number of anilines is 1. The number of hydrogen-bond acceptors (Lipinski definition) is 7. The van der Waals surface area contributed by atoms with Crippen LogP contribution in [0.5, 0.6) is 5.75 Å². The summed E-state index contributed by atoms with van der Waals surface area (Å²) in [7, 11) is 1.63. The van der Waals surface area contributed by atoms with Gasteiger partial charge in [-0.2, -0.15) is 5.10 Å². The summed E-state index contributed by atoms with van der Waals surface area (Å²) in [5, 5.41) is 4.09. The van der Waals surface area contributed by atoms with Crippen LogP contribution in [0.25, 0.3) is 5.82 Å². The SMILES string of the molecule is COc1ccc(CC(=O)N2CCN(c3cc(-n4cncn4)ncn3)CC2)cc1. The van der Waals surface area contributed by atoms with Crippen LogP contribution in [-0.4, -0.2) is 68.8 Å². The number of carbonyl (C=O) groups is 1. The van der Waals surface area contributed by atoms with Gasteiger partial charge in [-0.1, -0.05) is 12.1 Å². The van der Waals surface area contributed by atoms with Crippen LogP contribution in [0.2, 0.25) is 0 Å². The van der Waals surface area contributed by atoms with E-state index in [1.54, 1.807) is 18.1 Å². The van der Waals surface area contributed by atoms with E-state index >= 15 is 0 Å². The summed E-state index contributed by atoms with van der Waals surface area (Å²) in [6.45, 7) is 2.78. The molecule has 4 rings (SSSR count). The average Bonchev–Trinajstić information content (AvgIpc) is 3.29. The van der Waals surface area contributed by atoms with Crippen molar-refractivity contribution < 1.29 is 9.53 Å². The quantitative estimate of drug-likeness (QED) is 0.652. The summed E-state index contributed by atoms with van der Waals surface area (Å²) in [6, 6.07) is 9.49. The van der Waals surface area contributed by atoms with Gasteiger partial charge in [0.1, 0.15) is 30.5 Å². The summed E-state index contributed by atoms with van der Waals surface area (Å²) < 4.78 is 6.75. The van der Waals surface area contributed by atoms with Crippen molar-refractivity contribution in [3.05, 3.63) is 54.9 Å². The van der Waals surface area contributed by atoms with Crippen LogP contribution in [0.3, 0.4) is 0 Å². The molecule has 0 radical (unpaired) electrons. The molecule has 1 amide bonds. The maximum Gasteiger partial charge on any atom is 0.227 e. The Hall–Kier alpha value is -3.49. The van der Waals surface area contributed by atoms with Crippen LogP contribution in [0.1, 0.15) is 5.56 Å². The van der Waals surface area contributed by atoms with Gasteiger partial charge in [-0.25, -0.2) is 19.6 Å². The molecule has 0 N–H and O–H groups in total. The van der Waals surface area contributed by atoms with Crippen LogP contribution in [0, 0.1) is 0 Å². The highest BCUT2D eigenvalue weighted by Crippen LogP contribution is 2.17. The second kappa shape index (κ2) is 8.03. The molecule has 0 bridgehead atoms. The molecule has 1 aromatic carbocycles. The molecule has 1 aliphatic heterocycles. The van der Waals surface area contributed by atoms with Crippen molar-refractivity contribution in [3.8, 4) is 11.6 Å². The van der Waals surface area contributed by atoms with E-state index < -0.39 is 0 Å². The van der Waals surface area contributed by atoms with Gasteiger partial charge in [0.05, 0.1) is 13.5 Å². The van der Waals surface area contributed by atoms with Crippen LogP contribution in [0.15, 0.2) is 49.3 Å². The van der Waals surface area contributed by atoms with Gasteiger partial charge in [0, 0.05) is 32.2 Å². The number of carbonyl (C=O) groups excluding carboxylic acids is 1. The Bertz CT molecular complexity index is 920. The summed E-state index contributed by atoms with van der Waals surface area (Å²) in [5.41, 5.74) is 0.988. The molecule has 0 atom stereocenters. The number of benzene rings is 1. The smallest absolute Gasteiger partial charge is 0.227 e. The van der Waals surface area contributed by atoms with E-state index in [1.807, 2.05) is 35.2 Å². The topological polar surface area (TPSA) is 89.3 Å². The van der Waals surface area contributed by atoms with Crippen molar-refractivity contribution in [2.75, 3.05) is 38.2 Å². The molecule has 9 nitrogen and oxygen atoms in total. The molecule has 0 unspecified atom stereocenters. The van der Waals surface area contributed by atoms with Crippen molar-refractivity contribution in [3.63, 3.8) is 0 Å². The number of nitrogens with zero attached hydrogens (tertiary/aromatic N) is 7. The van der Waals surface area contributed by atoms with Crippen molar-refractivity contribution in [2.45, 2.75) is 6.42 Å². The van der Waals surface area contributed by atoms with Gasteiger partial charge in [0.15, 0.2) is 5.82 Å². The Morgan fingerprint density at radius 1 is 1.04 bits per heavy atom. The highest BCUT2D eigenvalue weighted by atomic mass is 16.5. The molecule has 3 heterocycles. The minimum atomic E-state index is 0.135. The summed E-state index contributed by atoms with van der Waals surface area (Å²) in [6.07, 6.45) is 4.98. The number of aromatic nitrogens is 5. The van der Waals surface area contributed by atoms with Crippen LogP contribution in [-0.2, 0) is 11.2 Å². The molecule has 28 heavy (non-hydrogen) atoms. The van der Waals surface area contributed by atoms with Crippen LogP contribution < -0.4 is 9.64 Å². The Balaban J connectivity index is 1.35. The molecule has 3 aromatic rings. The Kier molecular flexibility index (Phi) is 5.14. The standard InChI is InChI=1S/C19H21N7O2/c1-28-16-4-2-15(3-5-16)10-19(27)25-8-6-24(7-9-25)17-11-18(22-13-21-17)26-14-20-12-23-26/h2-5,11-14H,6-10H2,1H3. The molecular weight excluding hydrogens is 358 g/mol. The van der Waals surface area contributed by atoms with E-state index in [1.165, 1.54) is 12.7 Å². The fourth-order valence-electron chi connectivity index (χ4n) is 3.18. The lowest BCUT2D eigenvalue weighted by atomic mass is 10.1. The zero-order valence-corrected chi connectivity index (χ0v) is 15.6. The molecule has 2 aromatic heterocycles. The van der Waals surface area contributed by atoms with Crippen molar-refractivity contribution in [1.82, 2.24) is 29.6 Å². The van der Waals surface area contributed by atoms with E-state index in [0.717, 1.165) is 30.2 Å². The fourth-order valence-corrected chi connectivity index (χ4v) is 3.18. The second-order valence-corrected chi connectivity index (χ2v) is 6.47. The van der Waals surface area contributed by atoms with Gasteiger partial charge >= 0.3 is 0 Å². The van der Waals surface area contributed by atoms with Gasteiger partial charge in [-0.3, -0.25) is 4.79 Å². The number of methoxy groups -OCH3 is 1. The first-order valence-corrected chi connectivity index (χ1v) is 9.05. The van der Waals surface area contributed by atoms with E-state index in [-0.39, 0.29) is 5.91 Å². The largest absolute Gasteiger partial charge is 0.497 e. The summed E-state index contributed by atoms with van der Waals surface area (Å²) in [5.74, 6) is 2.42. The first kappa shape index (κ1) is 17.9. The van der Waals surface area contributed by atoms with Gasteiger partial charge in [0.2, 0.25) is 5.91 Å². The molecule has 1 fully saturated rings. The van der Waals surface area contributed by atoms with Crippen molar-refractivity contribution >= 4 is 11.7 Å². The van der Waals surface area contributed by atoms with Crippen LogP contribution >= 0.6 is 0 Å². The maximum atomic E-state index is 12.6. The van der Waals surface area contributed by atoms with Gasteiger partial charge in [0.25, 0.3) is 0 Å². The first-order chi connectivity index (χ1) is 13.7. The Morgan fingerprint density at radius 2 is 1.79 bits per heavy atom. The molecule has 0 spiro atoms. The van der Waals surface area contributed by atoms with E-state index in [4.69, 9.17) is 4.74 Å². The average molecular weight is 379 g/mol. The molecule has 144 valence electrons. The highest BCUT2D eigenvalue weighted by molar-refractivity contribution is 5.79. The lowest BCUT2D eigenvalue weighted by Crippen LogP contribution is -2.49. The lowest BCUT2D eigenvalue weighted by Gasteiger charge is -2.35. The minimum Gasteiger partial charge on any atom is -0.497 e. The van der Waals surface area contributed by atoms with Gasteiger partial charge in [-0.05, 0) is 17.7 Å². The predicted molar refractivity (Wildman–Crippen MR) is 102 cm³/mol. The van der Waals surface area contributed by atoms with Gasteiger partial charge < -0.3 is 14.5 Å². The zero-order chi connectivity index (χ0) is 19.3. The Morgan fingerprint density at radius 3 is 2.46 bits per heavy atom. The molecular formula is C19H21N7O2. The monoisotopic (exact) mass is 379 g/mol. The number of hydrogen-bond donors (Lipinski definition) is 0. The van der Waals surface area contributed by atoms with Crippen LogP contribution in [0.4, 0.5) is 5.82 Å². The number of rotatable bonds is 5. The Labute approximate surface area is 162 Å². The van der Waals surface area contributed by atoms with E-state index in [0.29, 0.717) is 25.3 Å². The van der Waals surface area contributed by atoms with E-state index in [2.05, 4.69) is 25.0 Å². The molecule has 1 aliphatic rings. The predicted octanol–water partition coefficient (Wildman–Crippen LogP) is 0.957. The molecule has 0 saturated carbocycles. The first-order valence-electron chi connectivity index (χ1n) is 9.05. The van der Waals surface area contributed by atoms with Gasteiger partial charge in [-0.15, -0.1) is 0 Å². The van der Waals surface area contributed by atoms with Crippen molar-refractivity contribution in [1.29, 1.82) is 0 Å². The van der Waals surface area contributed by atoms with Crippen molar-refractivity contribution in [2.24, 2.45) is 0 Å². The number of amides is 1. The second-order valence-electron chi connectivity index (χ2n) is 6.47. The highest BCUT2D eigenvalue weighted by Gasteiger charge is 2.22. The minimum absolute atomic E-state index is 0.135. The van der Waals surface area contributed by atoms with E-state index in [9.17, 15) is 4.79 Å². The summed E-state index contributed by atoms with van der Waals surface area (Å²) >= 11 is 0. The third-order valence-electron chi connectivity index (χ3n) is 4.76. The normalized spacial score (nSPS) is 14.2. The lowest BCUT2D eigenvalue weighted by molar-refractivity contribution is -0.130. The summed E-state index contributed by atoms with van der Waals surface area (Å²) in [4.78, 5) is 29.2. The number of piperazine rings is 1. The molecule has 0 aliphatic carbocycles. The third-order valence-corrected chi connectivity index (χ3v) is 4.76. The number of ether oxygens (including phenoxy) is 1. The molecule has 1 saturated heterocycles. The fraction of sp³-hybridized carbons (Fsp3) is 0.316. The molecule has 9 heteroatoms. The maximum absolute atomic E-state index is 12.6.